The quantitative estimate of drug-likeness (QED) is 0.828. The smallest absolute Gasteiger partial charge is 0.243 e. The van der Waals surface area contributed by atoms with E-state index in [2.05, 4.69) is 50.1 Å². The average molecular weight is 239 g/mol. The second-order valence-electron chi connectivity index (χ2n) is 5.28. The van der Waals surface area contributed by atoms with Crippen LogP contribution in [-0.2, 0) is 0 Å². The molecule has 1 unspecified atom stereocenters. The monoisotopic (exact) mass is 239 g/mol. The first-order chi connectivity index (χ1) is 7.97. The van der Waals surface area contributed by atoms with Gasteiger partial charge in [0, 0.05) is 5.92 Å². The lowest BCUT2D eigenvalue weighted by Gasteiger charge is -2.20. The Morgan fingerprint density at radius 1 is 1.12 bits per heavy atom. The maximum absolute atomic E-state index is 5.34. The molecule has 17 heavy (non-hydrogen) atoms. The highest BCUT2D eigenvalue weighted by molar-refractivity contribution is 5.00. The van der Waals surface area contributed by atoms with Crippen molar-refractivity contribution in [3.8, 4) is 0 Å². The van der Waals surface area contributed by atoms with Crippen LogP contribution in [0.4, 0.5) is 0 Å². The van der Waals surface area contributed by atoms with Crippen LogP contribution in [0.5, 0.6) is 0 Å². The average Bonchev–Trinajstić information content (AvgIpc) is 2.66. The van der Waals surface area contributed by atoms with Crippen LogP contribution < -0.4 is 5.32 Å². The minimum atomic E-state index is 0.126. The van der Waals surface area contributed by atoms with Crippen LogP contribution >= 0.6 is 0 Å². The van der Waals surface area contributed by atoms with Gasteiger partial charge in [-0.25, -0.2) is 0 Å². The lowest BCUT2D eigenvalue weighted by Crippen LogP contribution is -2.19. The van der Waals surface area contributed by atoms with Gasteiger partial charge in [0.25, 0.3) is 0 Å². The van der Waals surface area contributed by atoms with Gasteiger partial charge in [-0.3, -0.25) is 0 Å². The summed E-state index contributed by atoms with van der Waals surface area (Å²) in [5, 5.41) is 7.41. The molecule has 0 aliphatic heterocycles. The Morgan fingerprint density at radius 2 is 1.71 bits per heavy atom. The molecule has 98 valence electrons. The SMILES string of the molecule is CCNC(C)c1nc(C(C(C)C)C(C)C)no1. The molecule has 0 spiro atoms. The van der Waals surface area contributed by atoms with Crippen molar-refractivity contribution in [3.63, 3.8) is 0 Å². The summed E-state index contributed by atoms with van der Waals surface area (Å²) in [6, 6.07) is 0.126. The molecule has 1 N–H and O–H groups in total. The van der Waals surface area contributed by atoms with E-state index in [4.69, 9.17) is 4.52 Å². The molecule has 0 aliphatic rings. The van der Waals surface area contributed by atoms with E-state index < -0.39 is 0 Å². The minimum absolute atomic E-state index is 0.126. The highest BCUT2D eigenvalue weighted by atomic mass is 16.5. The van der Waals surface area contributed by atoms with E-state index in [-0.39, 0.29) is 6.04 Å². The molecule has 4 nitrogen and oxygen atoms in total. The molecule has 0 aromatic carbocycles. The molecular formula is C13H25N3O. The van der Waals surface area contributed by atoms with Crippen molar-refractivity contribution in [2.75, 3.05) is 6.54 Å². The van der Waals surface area contributed by atoms with E-state index in [1.54, 1.807) is 0 Å². The largest absolute Gasteiger partial charge is 0.338 e. The van der Waals surface area contributed by atoms with Crippen LogP contribution in [-0.4, -0.2) is 16.7 Å². The zero-order valence-electron chi connectivity index (χ0n) is 11.8. The third-order valence-electron chi connectivity index (χ3n) is 3.07. The normalized spacial score (nSPS) is 13.9. The van der Waals surface area contributed by atoms with E-state index in [1.165, 1.54) is 0 Å². The molecule has 1 heterocycles. The fraction of sp³-hybridized carbons (Fsp3) is 0.846. The lowest BCUT2D eigenvalue weighted by atomic mass is 9.85. The molecule has 1 aromatic heterocycles. The molecule has 1 atom stereocenters. The van der Waals surface area contributed by atoms with E-state index >= 15 is 0 Å². The fourth-order valence-electron chi connectivity index (χ4n) is 2.32. The summed E-state index contributed by atoms with van der Waals surface area (Å²) in [7, 11) is 0. The van der Waals surface area contributed by atoms with E-state index in [0.717, 1.165) is 12.4 Å². The molecular weight excluding hydrogens is 214 g/mol. The Kier molecular flexibility index (Phi) is 5.12. The van der Waals surface area contributed by atoms with E-state index in [9.17, 15) is 0 Å². The highest BCUT2D eigenvalue weighted by Gasteiger charge is 2.25. The Bertz CT molecular complexity index is 325. The molecule has 0 aliphatic carbocycles. The Hall–Kier alpha value is -0.900. The first-order valence-corrected chi connectivity index (χ1v) is 6.54. The van der Waals surface area contributed by atoms with Gasteiger partial charge >= 0.3 is 0 Å². The highest BCUT2D eigenvalue weighted by Crippen LogP contribution is 2.30. The predicted octanol–water partition coefficient (Wildman–Crippen LogP) is 3.14. The Balaban J connectivity index is 2.85. The van der Waals surface area contributed by atoms with Gasteiger partial charge in [-0.15, -0.1) is 0 Å². The van der Waals surface area contributed by atoms with Crippen molar-refractivity contribution < 1.29 is 4.52 Å². The van der Waals surface area contributed by atoms with Gasteiger partial charge in [0.2, 0.25) is 5.89 Å². The van der Waals surface area contributed by atoms with E-state index in [0.29, 0.717) is 23.6 Å². The van der Waals surface area contributed by atoms with Crippen molar-refractivity contribution in [2.24, 2.45) is 11.8 Å². The molecule has 0 bridgehead atoms. The maximum atomic E-state index is 5.34. The second-order valence-corrected chi connectivity index (χ2v) is 5.28. The van der Waals surface area contributed by atoms with Gasteiger partial charge in [0.1, 0.15) is 0 Å². The van der Waals surface area contributed by atoms with Crippen LogP contribution in [0.2, 0.25) is 0 Å². The van der Waals surface area contributed by atoms with E-state index in [1.807, 2.05) is 6.92 Å². The summed E-state index contributed by atoms with van der Waals surface area (Å²) < 4.78 is 5.34. The van der Waals surface area contributed by atoms with Crippen LogP contribution in [0.1, 0.15) is 65.2 Å². The zero-order valence-corrected chi connectivity index (χ0v) is 11.8. The fourth-order valence-corrected chi connectivity index (χ4v) is 2.32. The van der Waals surface area contributed by atoms with Gasteiger partial charge < -0.3 is 9.84 Å². The molecule has 0 saturated heterocycles. The van der Waals surface area contributed by atoms with Gasteiger partial charge in [0.05, 0.1) is 6.04 Å². The third-order valence-corrected chi connectivity index (χ3v) is 3.07. The lowest BCUT2D eigenvalue weighted by molar-refractivity contribution is 0.320. The van der Waals surface area contributed by atoms with Crippen molar-refractivity contribution in [1.82, 2.24) is 15.5 Å². The summed E-state index contributed by atoms with van der Waals surface area (Å²) in [4.78, 5) is 4.53. The number of aromatic nitrogens is 2. The second kappa shape index (κ2) is 6.15. The standard InChI is InChI=1S/C13H25N3O/c1-7-14-10(6)13-15-12(16-17-13)11(8(2)3)9(4)5/h8-11,14H,7H2,1-6H3. The first kappa shape index (κ1) is 14.2. The van der Waals surface area contributed by atoms with Crippen LogP contribution in [0.25, 0.3) is 0 Å². The number of nitrogens with one attached hydrogen (secondary N) is 1. The summed E-state index contributed by atoms with van der Waals surface area (Å²) in [5.41, 5.74) is 0. The topological polar surface area (TPSA) is 51.0 Å². The third kappa shape index (κ3) is 3.53. The molecule has 0 amide bonds. The molecule has 1 rings (SSSR count). The summed E-state index contributed by atoms with van der Waals surface area (Å²) >= 11 is 0. The number of hydrogen-bond acceptors (Lipinski definition) is 4. The molecule has 0 saturated carbocycles. The summed E-state index contributed by atoms with van der Waals surface area (Å²) in [6.07, 6.45) is 0. The number of rotatable bonds is 6. The number of hydrogen-bond donors (Lipinski definition) is 1. The van der Waals surface area contributed by atoms with Crippen LogP contribution in [0.3, 0.4) is 0 Å². The first-order valence-electron chi connectivity index (χ1n) is 6.54. The van der Waals surface area contributed by atoms with Crippen molar-refractivity contribution >= 4 is 0 Å². The zero-order chi connectivity index (χ0) is 13.0. The Labute approximate surface area is 104 Å². The van der Waals surface area contributed by atoms with Gasteiger partial charge in [0.15, 0.2) is 5.82 Å². The van der Waals surface area contributed by atoms with Crippen molar-refractivity contribution in [2.45, 2.75) is 53.5 Å². The predicted molar refractivity (Wildman–Crippen MR) is 68.8 cm³/mol. The minimum Gasteiger partial charge on any atom is -0.338 e. The summed E-state index contributed by atoms with van der Waals surface area (Å²) in [6.45, 7) is 13.8. The molecule has 0 fully saturated rings. The van der Waals surface area contributed by atoms with Crippen molar-refractivity contribution in [3.05, 3.63) is 11.7 Å². The molecule has 0 radical (unpaired) electrons. The van der Waals surface area contributed by atoms with Gasteiger partial charge in [-0.05, 0) is 25.3 Å². The Morgan fingerprint density at radius 3 is 2.18 bits per heavy atom. The number of nitrogens with zero attached hydrogens (tertiary/aromatic N) is 2. The summed E-state index contributed by atoms with van der Waals surface area (Å²) in [5.74, 6) is 2.94. The molecule has 4 heteroatoms. The van der Waals surface area contributed by atoms with Gasteiger partial charge in [-0.2, -0.15) is 4.98 Å². The van der Waals surface area contributed by atoms with Crippen molar-refractivity contribution in [1.29, 1.82) is 0 Å². The van der Waals surface area contributed by atoms with Gasteiger partial charge in [-0.1, -0.05) is 39.8 Å². The van der Waals surface area contributed by atoms with Crippen LogP contribution in [0, 0.1) is 11.8 Å². The maximum Gasteiger partial charge on any atom is 0.243 e. The van der Waals surface area contributed by atoms with Crippen LogP contribution in [0.15, 0.2) is 4.52 Å². The molecule has 1 aromatic rings.